The van der Waals surface area contributed by atoms with Crippen LogP contribution in [0.3, 0.4) is 0 Å². The Kier molecular flexibility index (Phi) is 6.55. The molecule has 20 heavy (non-hydrogen) atoms. The van der Waals surface area contributed by atoms with Crippen LogP contribution >= 0.6 is 28.1 Å². The molecule has 1 aromatic rings. The Morgan fingerprint density at radius 3 is 2.65 bits per heavy atom. The smallest absolute Gasteiger partial charge is 0.253 e. The number of amides is 1. The van der Waals surface area contributed by atoms with E-state index in [0.29, 0.717) is 36.0 Å². The van der Waals surface area contributed by atoms with Gasteiger partial charge in [-0.15, -0.1) is 0 Å². The monoisotopic (exact) mass is 360 g/mol. The van der Waals surface area contributed by atoms with Crippen LogP contribution < -0.4 is 5.73 Å². The van der Waals surface area contributed by atoms with Crippen LogP contribution in [0.5, 0.6) is 0 Å². The number of thiocarbonyl (C=S) groups is 1. The van der Waals surface area contributed by atoms with Crippen LogP contribution in [0.15, 0.2) is 22.7 Å². The summed E-state index contributed by atoms with van der Waals surface area (Å²) in [6.07, 6.45) is 0.482. The van der Waals surface area contributed by atoms with Crippen LogP contribution in [0.25, 0.3) is 0 Å². The highest BCUT2D eigenvalue weighted by Gasteiger charge is 2.18. The lowest BCUT2D eigenvalue weighted by Crippen LogP contribution is -2.36. The first-order valence-electron chi connectivity index (χ1n) is 6.34. The maximum absolute atomic E-state index is 13.2. The Hall–Kier alpha value is -1.01. The Balaban J connectivity index is 2.90. The normalized spacial score (nSPS) is 10.7. The fraction of sp³-hybridized carbons (Fsp3) is 0.429. The summed E-state index contributed by atoms with van der Waals surface area (Å²) in [6.45, 7) is 5.14. The van der Waals surface area contributed by atoms with E-state index in [1.807, 2.05) is 13.8 Å². The molecule has 1 aromatic carbocycles. The van der Waals surface area contributed by atoms with E-state index in [1.165, 1.54) is 18.2 Å². The highest BCUT2D eigenvalue weighted by atomic mass is 79.9. The number of benzene rings is 1. The molecule has 0 saturated carbocycles. The number of halogens is 2. The zero-order valence-electron chi connectivity index (χ0n) is 11.5. The molecule has 2 N–H and O–H groups in total. The van der Waals surface area contributed by atoms with Gasteiger partial charge < -0.3 is 10.6 Å². The molecule has 0 aliphatic carbocycles. The molecule has 0 fully saturated rings. The van der Waals surface area contributed by atoms with E-state index in [9.17, 15) is 9.18 Å². The molecular weight excluding hydrogens is 343 g/mol. The molecule has 0 unspecified atom stereocenters. The van der Waals surface area contributed by atoms with E-state index in [2.05, 4.69) is 15.9 Å². The molecule has 0 spiro atoms. The van der Waals surface area contributed by atoms with Gasteiger partial charge >= 0.3 is 0 Å². The first-order chi connectivity index (χ1) is 9.31. The average molecular weight is 361 g/mol. The minimum Gasteiger partial charge on any atom is -0.393 e. The van der Waals surface area contributed by atoms with Crippen molar-refractivity contribution in [3.05, 3.63) is 34.1 Å². The average Bonchev–Trinajstić information content (AvgIpc) is 2.36. The molecule has 0 atom stereocenters. The van der Waals surface area contributed by atoms with Crippen LogP contribution in [-0.4, -0.2) is 28.9 Å². The zero-order chi connectivity index (χ0) is 15.3. The van der Waals surface area contributed by atoms with Crippen molar-refractivity contribution in [2.24, 2.45) is 11.7 Å². The number of carbonyl (C=O) groups is 1. The lowest BCUT2D eigenvalue weighted by molar-refractivity contribution is 0.0741. The van der Waals surface area contributed by atoms with E-state index < -0.39 is 0 Å². The van der Waals surface area contributed by atoms with Gasteiger partial charge in [-0.3, -0.25) is 4.79 Å². The standard InChI is InChI=1S/C14H18BrFN2OS/c1-9(2)8-18(6-5-13(17)20)14(19)10-3-4-12(16)11(15)7-10/h3-4,7,9H,5-6,8H2,1-2H3,(H2,17,20). The Labute approximate surface area is 132 Å². The second-order valence-electron chi connectivity index (χ2n) is 4.99. The molecule has 0 aliphatic rings. The predicted molar refractivity (Wildman–Crippen MR) is 86.2 cm³/mol. The van der Waals surface area contributed by atoms with Gasteiger partial charge in [-0.05, 0) is 40.0 Å². The van der Waals surface area contributed by atoms with Crippen LogP contribution in [0.1, 0.15) is 30.6 Å². The van der Waals surface area contributed by atoms with Crippen molar-refractivity contribution >= 4 is 39.0 Å². The van der Waals surface area contributed by atoms with Crippen molar-refractivity contribution in [1.82, 2.24) is 4.90 Å². The molecule has 0 bridgehead atoms. The van der Waals surface area contributed by atoms with Gasteiger partial charge in [0.25, 0.3) is 5.91 Å². The lowest BCUT2D eigenvalue weighted by Gasteiger charge is -2.24. The van der Waals surface area contributed by atoms with Crippen molar-refractivity contribution in [3.8, 4) is 0 Å². The van der Waals surface area contributed by atoms with Crippen molar-refractivity contribution in [3.63, 3.8) is 0 Å². The number of nitrogens with two attached hydrogens (primary N) is 1. The molecule has 0 aliphatic heterocycles. The van der Waals surface area contributed by atoms with E-state index in [4.69, 9.17) is 18.0 Å². The molecule has 110 valence electrons. The van der Waals surface area contributed by atoms with Gasteiger partial charge in [0, 0.05) is 25.1 Å². The molecule has 0 heterocycles. The summed E-state index contributed by atoms with van der Waals surface area (Å²) < 4.78 is 13.5. The second kappa shape index (κ2) is 7.69. The lowest BCUT2D eigenvalue weighted by atomic mass is 10.1. The fourth-order valence-corrected chi connectivity index (χ4v) is 2.24. The first kappa shape index (κ1) is 17.0. The summed E-state index contributed by atoms with van der Waals surface area (Å²) in [6, 6.07) is 4.25. The van der Waals surface area contributed by atoms with E-state index in [1.54, 1.807) is 4.90 Å². The minimum atomic E-state index is -0.389. The van der Waals surface area contributed by atoms with E-state index >= 15 is 0 Å². The van der Waals surface area contributed by atoms with E-state index in [0.717, 1.165) is 0 Å². The first-order valence-corrected chi connectivity index (χ1v) is 7.54. The number of hydrogen-bond acceptors (Lipinski definition) is 2. The molecule has 1 rings (SSSR count). The SMILES string of the molecule is CC(C)CN(CCC(N)=S)C(=O)c1ccc(F)c(Br)c1. The van der Waals surface area contributed by atoms with Gasteiger partial charge in [-0.2, -0.15) is 0 Å². The summed E-state index contributed by atoms with van der Waals surface area (Å²) in [5.74, 6) is -0.204. The molecule has 1 amide bonds. The maximum Gasteiger partial charge on any atom is 0.253 e. The van der Waals surface area contributed by atoms with Crippen LogP contribution in [0.4, 0.5) is 4.39 Å². The van der Waals surface area contributed by atoms with Crippen molar-refractivity contribution in [2.45, 2.75) is 20.3 Å². The van der Waals surface area contributed by atoms with Crippen LogP contribution in [-0.2, 0) is 0 Å². The van der Waals surface area contributed by atoms with Crippen molar-refractivity contribution in [2.75, 3.05) is 13.1 Å². The summed E-state index contributed by atoms with van der Waals surface area (Å²) >= 11 is 7.94. The Bertz CT molecular complexity index is 508. The molecule has 6 heteroatoms. The highest BCUT2D eigenvalue weighted by Crippen LogP contribution is 2.18. The Morgan fingerprint density at radius 1 is 1.50 bits per heavy atom. The number of rotatable bonds is 6. The van der Waals surface area contributed by atoms with Crippen molar-refractivity contribution < 1.29 is 9.18 Å². The molecular formula is C14H18BrFN2OS. The van der Waals surface area contributed by atoms with Gasteiger partial charge in [-0.1, -0.05) is 26.1 Å². The van der Waals surface area contributed by atoms with Gasteiger partial charge in [0.2, 0.25) is 0 Å². The van der Waals surface area contributed by atoms with Crippen molar-refractivity contribution in [1.29, 1.82) is 0 Å². The fourth-order valence-electron chi connectivity index (χ4n) is 1.77. The van der Waals surface area contributed by atoms with Crippen LogP contribution in [0.2, 0.25) is 0 Å². The summed E-state index contributed by atoms with van der Waals surface area (Å²) in [7, 11) is 0. The third kappa shape index (κ3) is 5.17. The molecule has 3 nitrogen and oxygen atoms in total. The molecule has 0 aromatic heterocycles. The largest absolute Gasteiger partial charge is 0.393 e. The van der Waals surface area contributed by atoms with Gasteiger partial charge in [0.15, 0.2) is 0 Å². The van der Waals surface area contributed by atoms with Crippen LogP contribution in [0, 0.1) is 11.7 Å². The second-order valence-corrected chi connectivity index (χ2v) is 6.37. The topological polar surface area (TPSA) is 46.3 Å². The summed E-state index contributed by atoms with van der Waals surface area (Å²) in [5, 5.41) is 0. The third-order valence-corrected chi connectivity index (χ3v) is 3.48. The molecule has 0 radical (unpaired) electrons. The summed E-state index contributed by atoms with van der Waals surface area (Å²) in [5.41, 5.74) is 5.94. The number of carbonyl (C=O) groups excluding carboxylic acids is 1. The van der Waals surface area contributed by atoms with Gasteiger partial charge in [-0.25, -0.2) is 4.39 Å². The highest BCUT2D eigenvalue weighted by molar-refractivity contribution is 9.10. The zero-order valence-corrected chi connectivity index (χ0v) is 13.9. The Morgan fingerprint density at radius 2 is 2.15 bits per heavy atom. The van der Waals surface area contributed by atoms with E-state index in [-0.39, 0.29) is 16.2 Å². The van der Waals surface area contributed by atoms with Gasteiger partial charge in [0.05, 0.1) is 9.46 Å². The minimum absolute atomic E-state index is 0.143. The van der Waals surface area contributed by atoms with Gasteiger partial charge in [0.1, 0.15) is 5.82 Å². The maximum atomic E-state index is 13.2. The molecule has 0 saturated heterocycles. The summed E-state index contributed by atoms with van der Waals surface area (Å²) in [4.78, 5) is 14.5. The predicted octanol–water partition coefficient (Wildman–Crippen LogP) is 3.36. The number of hydrogen-bond donors (Lipinski definition) is 1. The quantitative estimate of drug-likeness (QED) is 0.791. The number of nitrogens with zero attached hydrogens (tertiary/aromatic N) is 1. The third-order valence-electron chi connectivity index (χ3n) is 2.67.